The zero-order valence-corrected chi connectivity index (χ0v) is 13.1. The molecular formula is C13H19NO4S2. The lowest BCUT2D eigenvalue weighted by atomic mass is 9.79. The molecule has 0 radical (unpaired) electrons. The van der Waals surface area contributed by atoms with Crippen molar-refractivity contribution in [2.75, 3.05) is 0 Å². The van der Waals surface area contributed by atoms with Crippen molar-refractivity contribution in [3.63, 3.8) is 0 Å². The summed E-state index contributed by atoms with van der Waals surface area (Å²) in [7, 11) is -3.61. The molecule has 1 heterocycles. The second-order valence-corrected chi connectivity index (χ2v) is 8.40. The number of carbonyl (C=O) groups is 1. The van der Waals surface area contributed by atoms with Crippen LogP contribution >= 0.6 is 11.3 Å². The Morgan fingerprint density at radius 2 is 2.05 bits per heavy atom. The van der Waals surface area contributed by atoms with Gasteiger partial charge in [0.2, 0.25) is 10.0 Å². The van der Waals surface area contributed by atoms with E-state index in [2.05, 4.69) is 18.6 Å². The summed E-state index contributed by atoms with van der Waals surface area (Å²) in [6, 6.07) is 1.16. The molecule has 3 atom stereocenters. The van der Waals surface area contributed by atoms with Gasteiger partial charge in [-0.15, -0.1) is 11.3 Å². The summed E-state index contributed by atoms with van der Waals surface area (Å²) >= 11 is 0.943. The second-order valence-electron chi connectivity index (χ2n) is 5.55. The number of hydrogen-bond acceptors (Lipinski definition) is 4. The van der Waals surface area contributed by atoms with E-state index in [0.717, 1.165) is 30.6 Å². The standard InChI is InChI=1S/C13H19NO4S2/c1-8-3-4-11(5-9(8)2)14-20(17,18)12-6-10(7-19-12)13(15)16/h6-9,11,14H,3-5H2,1-2H3,(H,15,16). The normalized spacial score (nSPS) is 27.4. The fourth-order valence-electron chi connectivity index (χ4n) is 2.50. The Morgan fingerprint density at radius 3 is 2.60 bits per heavy atom. The molecule has 1 aromatic heterocycles. The molecule has 3 unspecified atom stereocenters. The monoisotopic (exact) mass is 317 g/mol. The van der Waals surface area contributed by atoms with E-state index in [9.17, 15) is 13.2 Å². The van der Waals surface area contributed by atoms with Crippen LogP contribution in [0.4, 0.5) is 0 Å². The smallest absolute Gasteiger partial charge is 0.336 e. The van der Waals surface area contributed by atoms with Gasteiger partial charge in [0.05, 0.1) is 5.56 Å². The van der Waals surface area contributed by atoms with E-state index >= 15 is 0 Å². The third-order valence-electron chi connectivity index (χ3n) is 4.01. The summed E-state index contributed by atoms with van der Waals surface area (Å²) in [5, 5.41) is 10.2. The number of rotatable bonds is 4. The average Bonchev–Trinajstić information content (AvgIpc) is 2.84. The fraction of sp³-hybridized carbons (Fsp3) is 0.615. The van der Waals surface area contributed by atoms with E-state index in [-0.39, 0.29) is 15.8 Å². The van der Waals surface area contributed by atoms with E-state index in [1.165, 1.54) is 11.4 Å². The quantitative estimate of drug-likeness (QED) is 0.894. The van der Waals surface area contributed by atoms with E-state index in [0.29, 0.717) is 11.8 Å². The molecule has 2 rings (SSSR count). The van der Waals surface area contributed by atoms with Gasteiger partial charge >= 0.3 is 5.97 Å². The minimum atomic E-state index is -3.61. The van der Waals surface area contributed by atoms with Crippen LogP contribution in [0.5, 0.6) is 0 Å². The minimum absolute atomic E-state index is 0.0148. The molecule has 1 aromatic rings. The molecule has 1 fully saturated rings. The first-order valence-corrected chi connectivity index (χ1v) is 9.00. The van der Waals surface area contributed by atoms with Gasteiger partial charge in [0.25, 0.3) is 0 Å². The summed E-state index contributed by atoms with van der Waals surface area (Å²) in [5.41, 5.74) is 0.0148. The minimum Gasteiger partial charge on any atom is -0.478 e. The Hall–Kier alpha value is -0.920. The first kappa shape index (κ1) is 15.5. The molecule has 0 aliphatic heterocycles. The number of carboxylic acid groups (broad SMARTS) is 1. The summed E-state index contributed by atoms with van der Waals surface area (Å²) in [6.45, 7) is 4.33. The molecule has 0 bridgehead atoms. The van der Waals surface area contributed by atoms with Crippen molar-refractivity contribution in [2.24, 2.45) is 11.8 Å². The van der Waals surface area contributed by atoms with Gasteiger partial charge in [-0.3, -0.25) is 0 Å². The Bertz CT molecular complexity index is 593. The molecule has 112 valence electrons. The number of hydrogen-bond donors (Lipinski definition) is 2. The van der Waals surface area contributed by atoms with Gasteiger partial charge in [0.15, 0.2) is 0 Å². The van der Waals surface area contributed by atoms with E-state index in [1.807, 2.05) is 0 Å². The average molecular weight is 317 g/mol. The van der Waals surface area contributed by atoms with Crippen LogP contribution in [0, 0.1) is 11.8 Å². The molecule has 1 saturated carbocycles. The van der Waals surface area contributed by atoms with Crippen LogP contribution in [0.2, 0.25) is 0 Å². The van der Waals surface area contributed by atoms with Crippen molar-refractivity contribution in [2.45, 2.75) is 43.4 Å². The molecule has 2 N–H and O–H groups in total. The second kappa shape index (κ2) is 5.83. The SMILES string of the molecule is CC1CCC(NS(=O)(=O)c2cc(C(=O)O)cs2)CC1C. The molecule has 0 aromatic carbocycles. The van der Waals surface area contributed by atoms with Gasteiger partial charge in [-0.1, -0.05) is 13.8 Å². The fourth-order valence-corrected chi connectivity index (χ4v) is 4.96. The maximum absolute atomic E-state index is 12.2. The predicted molar refractivity (Wildman–Crippen MR) is 77.6 cm³/mol. The third kappa shape index (κ3) is 3.39. The van der Waals surface area contributed by atoms with E-state index in [4.69, 9.17) is 5.11 Å². The van der Waals surface area contributed by atoms with Gasteiger partial charge in [0, 0.05) is 11.4 Å². The number of nitrogens with one attached hydrogen (secondary N) is 1. The summed E-state index contributed by atoms with van der Waals surface area (Å²) in [5.74, 6) is 0.00767. The maximum Gasteiger partial charge on any atom is 0.336 e. The van der Waals surface area contributed by atoms with E-state index < -0.39 is 16.0 Å². The van der Waals surface area contributed by atoms with Gasteiger partial charge in [-0.25, -0.2) is 17.9 Å². The van der Waals surface area contributed by atoms with Crippen molar-refractivity contribution in [3.05, 3.63) is 17.0 Å². The molecule has 0 saturated heterocycles. The number of thiophene rings is 1. The Balaban J connectivity index is 2.09. The van der Waals surface area contributed by atoms with E-state index in [1.54, 1.807) is 0 Å². The highest BCUT2D eigenvalue weighted by molar-refractivity contribution is 7.91. The molecule has 5 nitrogen and oxygen atoms in total. The first-order chi connectivity index (χ1) is 9.29. The summed E-state index contributed by atoms with van der Waals surface area (Å²) in [6.07, 6.45) is 2.68. The molecule has 1 aliphatic rings. The van der Waals surface area contributed by atoms with Crippen molar-refractivity contribution in [1.82, 2.24) is 4.72 Å². The highest BCUT2D eigenvalue weighted by Gasteiger charge is 2.29. The van der Waals surface area contributed by atoms with Gasteiger partial charge in [-0.2, -0.15) is 0 Å². The number of sulfonamides is 1. The molecule has 20 heavy (non-hydrogen) atoms. The highest BCUT2D eigenvalue weighted by Crippen LogP contribution is 2.30. The predicted octanol–water partition coefficient (Wildman–Crippen LogP) is 2.55. The molecule has 0 spiro atoms. The maximum atomic E-state index is 12.2. The van der Waals surface area contributed by atoms with Crippen LogP contribution in [0.1, 0.15) is 43.5 Å². The van der Waals surface area contributed by atoms with Crippen molar-refractivity contribution >= 4 is 27.3 Å². The molecular weight excluding hydrogens is 298 g/mol. The van der Waals surface area contributed by atoms with Crippen LogP contribution in [0.3, 0.4) is 0 Å². The number of aromatic carboxylic acids is 1. The molecule has 0 amide bonds. The third-order valence-corrected chi connectivity index (χ3v) is 6.97. The Morgan fingerprint density at radius 1 is 1.35 bits per heavy atom. The van der Waals surface area contributed by atoms with Gasteiger partial charge < -0.3 is 5.11 Å². The topological polar surface area (TPSA) is 83.5 Å². The lowest BCUT2D eigenvalue weighted by molar-refractivity contribution is 0.0697. The largest absolute Gasteiger partial charge is 0.478 e. The zero-order chi connectivity index (χ0) is 14.9. The molecule has 1 aliphatic carbocycles. The number of carboxylic acids is 1. The lowest BCUT2D eigenvalue weighted by Crippen LogP contribution is -2.39. The molecule has 7 heteroatoms. The van der Waals surface area contributed by atoms with Crippen LogP contribution in [0.25, 0.3) is 0 Å². The highest BCUT2D eigenvalue weighted by atomic mass is 32.2. The van der Waals surface area contributed by atoms with Crippen molar-refractivity contribution in [1.29, 1.82) is 0 Å². The van der Waals surface area contributed by atoms with Crippen LogP contribution in [0.15, 0.2) is 15.7 Å². The lowest BCUT2D eigenvalue weighted by Gasteiger charge is -2.32. The van der Waals surface area contributed by atoms with Crippen molar-refractivity contribution < 1.29 is 18.3 Å². The first-order valence-electron chi connectivity index (χ1n) is 6.63. The summed E-state index contributed by atoms with van der Waals surface area (Å²) in [4.78, 5) is 10.8. The van der Waals surface area contributed by atoms with Crippen LogP contribution < -0.4 is 4.72 Å². The van der Waals surface area contributed by atoms with Crippen LogP contribution in [-0.2, 0) is 10.0 Å². The van der Waals surface area contributed by atoms with Gasteiger partial charge in [-0.05, 0) is 37.2 Å². The summed E-state index contributed by atoms with van der Waals surface area (Å²) < 4.78 is 27.2. The Kier molecular flexibility index (Phi) is 4.51. The van der Waals surface area contributed by atoms with Crippen LogP contribution in [-0.4, -0.2) is 25.5 Å². The Labute approximate surface area is 123 Å². The van der Waals surface area contributed by atoms with Gasteiger partial charge in [0.1, 0.15) is 4.21 Å². The zero-order valence-electron chi connectivity index (χ0n) is 11.5. The van der Waals surface area contributed by atoms with Crippen molar-refractivity contribution in [3.8, 4) is 0 Å².